The van der Waals surface area contributed by atoms with Crippen molar-refractivity contribution in [2.75, 3.05) is 0 Å². The maximum atomic E-state index is 13.2. The van der Waals surface area contributed by atoms with Crippen LogP contribution in [0, 0.1) is 23.2 Å². The topological polar surface area (TPSA) is 62.3 Å². The Morgan fingerprint density at radius 2 is 1.89 bits per heavy atom. The summed E-state index contributed by atoms with van der Waals surface area (Å²) in [7, 11) is 0. The highest BCUT2D eigenvalue weighted by atomic mass is 32.2. The summed E-state index contributed by atoms with van der Waals surface area (Å²) in [6.45, 7) is 0. The molecule has 0 radical (unpaired) electrons. The van der Waals surface area contributed by atoms with Gasteiger partial charge in [-0.15, -0.1) is 0 Å². The van der Waals surface area contributed by atoms with Crippen LogP contribution < -0.4 is 5.43 Å². The third-order valence-electron chi connectivity index (χ3n) is 6.49. The molecule has 0 atom stereocenters. The number of carbonyl (C=O) groups is 2. The van der Waals surface area contributed by atoms with E-state index in [0.29, 0.717) is 32.7 Å². The lowest BCUT2D eigenvalue weighted by Crippen LogP contribution is -2.57. The minimum atomic E-state index is -0.303. The van der Waals surface area contributed by atoms with Crippen molar-refractivity contribution in [3.8, 4) is 0 Å². The molecule has 5 nitrogen and oxygen atoms in total. The van der Waals surface area contributed by atoms with Crippen LogP contribution in [-0.2, 0) is 9.59 Å². The molecule has 0 unspecified atom stereocenters. The van der Waals surface area contributed by atoms with Crippen molar-refractivity contribution >= 4 is 46.2 Å². The van der Waals surface area contributed by atoms with E-state index in [-0.39, 0.29) is 17.2 Å². The van der Waals surface area contributed by atoms with Crippen LogP contribution in [0.3, 0.4) is 0 Å². The van der Waals surface area contributed by atoms with Crippen LogP contribution in [0.2, 0.25) is 0 Å². The Bertz CT molecular complexity index is 817. The SMILES string of the molecule is O=C1/C(=C/c2ccccn2)SC(=S)N1NC(=O)C12CC3CC(CC(C3)C1)C2. The molecule has 1 aromatic rings. The number of nitrogens with one attached hydrogen (secondary N) is 1. The first kappa shape index (κ1) is 17.4. The summed E-state index contributed by atoms with van der Waals surface area (Å²) in [6, 6.07) is 5.53. The number of thioether (sulfide) groups is 1. The molecule has 5 aliphatic rings. The fourth-order valence-corrected chi connectivity index (χ4v) is 6.93. The van der Waals surface area contributed by atoms with E-state index in [4.69, 9.17) is 12.2 Å². The van der Waals surface area contributed by atoms with Gasteiger partial charge in [0, 0.05) is 6.20 Å². The van der Waals surface area contributed by atoms with Gasteiger partial charge in [0.2, 0.25) is 5.91 Å². The summed E-state index contributed by atoms with van der Waals surface area (Å²) in [6.07, 6.45) is 10.1. The molecule has 4 bridgehead atoms. The zero-order valence-corrected chi connectivity index (χ0v) is 16.5. The monoisotopic (exact) mass is 399 g/mol. The normalized spacial score (nSPS) is 35.9. The molecule has 6 rings (SSSR count). The number of amides is 2. The number of hydrazine groups is 1. The maximum absolute atomic E-state index is 13.2. The van der Waals surface area contributed by atoms with Gasteiger partial charge in [0.25, 0.3) is 5.91 Å². The van der Waals surface area contributed by atoms with E-state index in [1.54, 1.807) is 12.3 Å². The summed E-state index contributed by atoms with van der Waals surface area (Å²) in [5.41, 5.74) is 3.27. The lowest BCUT2D eigenvalue weighted by Gasteiger charge is -2.55. The van der Waals surface area contributed by atoms with E-state index < -0.39 is 0 Å². The third-order valence-corrected chi connectivity index (χ3v) is 7.80. The van der Waals surface area contributed by atoms with Crippen LogP contribution in [0.4, 0.5) is 0 Å². The number of pyridine rings is 1. The molecule has 1 saturated heterocycles. The maximum Gasteiger partial charge on any atom is 0.285 e. The zero-order valence-electron chi connectivity index (χ0n) is 14.9. The minimum Gasteiger partial charge on any atom is -0.273 e. The Balaban J connectivity index is 1.34. The van der Waals surface area contributed by atoms with E-state index in [9.17, 15) is 9.59 Å². The zero-order chi connectivity index (χ0) is 18.6. The predicted octanol–water partition coefficient (Wildman–Crippen LogP) is 3.53. The Hall–Kier alpha value is -1.73. The number of aromatic nitrogens is 1. The Labute approximate surface area is 167 Å². The molecular weight excluding hydrogens is 378 g/mol. The van der Waals surface area contributed by atoms with Crippen molar-refractivity contribution in [3.05, 3.63) is 35.0 Å². The van der Waals surface area contributed by atoms with E-state index >= 15 is 0 Å². The van der Waals surface area contributed by atoms with Gasteiger partial charge < -0.3 is 0 Å². The second-order valence-corrected chi connectivity index (χ2v) is 10.1. The number of nitrogens with zero attached hydrogens (tertiary/aromatic N) is 2. The van der Waals surface area contributed by atoms with Gasteiger partial charge in [-0.1, -0.05) is 17.8 Å². The van der Waals surface area contributed by atoms with Gasteiger partial charge in [0.05, 0.1) is 16.0 Å². The highest BCUT2D eigenvalue weighted by Gasteiger charge is 2.55. The average Bonchev–Trinajstić information content (AvgIpc) is 2.89. The van der Waals surface area contributed by atoms with E-state index in [1.807, 2.05) is 18.2 Å². The highest BCUT2D eigenvalue weighted by molar-refractivity contribution is 8.26. The lowest BCUT2D eigenvalue weighted by molar-refractivity contribution is -0.152. The van der Waals surface area contributed by atoms with Crippen molar-refractivity contribution in [2.45, 2.75) is 38.5 Å². The smallest absolute Gasteiger partial charge is 0.273 e. The second-order valence-electron chi connectivity index (χ2n) is 8.41. The molecule has 140 valence electrons. The number of hydrogen-bond acceptors (Lipinski definition) is 5. The quantitative estimate of drug-likeness (QED) is 0.622. The summed E-state index contributed by atoms with van der Waals surface area (Å²) < 4.78 is 0.375. The van der Waals surface area contributed by atoms with Crippen LogP contribution in [0.5, 0.6) is 0 Å². The van der Waals surface area contributed by atoms with Crippen molar-refractivity contribution < 1.29 is 9.59 Å². The predicted molar refractivity (Wildman–Crippen MR) is 108 cm³/mol. The van der Waals surface area contributed by atoms with Crippen LogP contribution in [-0.4, -0.2) is 26.1 Å². The van der Waals surface area contributed by atoms with Crippen LogP contribution in [0.1, 0.15) is 44.2 Å². The number of rotatable bonds is 3. The first-order chi connectivity index (χ1) is 13.0. The van der Waals surface area contributed by atoms with Crippen molar-refractivity contribution in [1.29, 1.82) is 0 Å². The third kappa shape index (κ3) is 3.01. The first-order valence-electron chi connectivity index (χ1n) is 9.52. The van der Waals surface area contributed by atoms with Crippen LogP contribution in [0.15, 0.2) is 29.3 Å². The van der Waals surface area contributed by atoms with E-state index in [0.717, 1.165) is 19.3 Å². The molecule has 0 spiro atoms. The summed E-state index contributed by atoms with van der Waals surface area (Å²) in [5.74, 6) is 1.75. The molecule has 4 saturated carbocycles. The van der Waals surface area contributed by atoms with Gasteiger partial charge in [-0.2, -0.15) is 5.01 Å². The summed E-state index contributed by atoms with van der Waals surface area (Å²) in [5, 5.41) is 1.26. The van der Waals surface area contributed by atoms with E-state index in [2.05, 4.69) is 10.4 Å². The first-order valence-corrected chi connectivity index (χ1v) is 10.7. The molecule has 2 heterocycles. The molecule has 27 heavy (non-hydrogen) atoms. The van der Waals surface area contributed by atoms with Crippen molar-refractivity contribution in [2.24, 2.45) is 23.2 Å². The number of thiocarbonyl (C=S) groups is 1. The Morgan fingerprint density at radius 1 is 1.22 bits per heavy atom. The fourth-order valence-electron chi connectivity index (χ4n) is 5.77. The van der Waals surface area contributed by atoms with Crippen molar-refractivity contribution in [1.82, 2.24) is 15.4 Å². The minimum absolute atomic E-state index is 0.0167. The van der Waals surface area contributed by atoms with Gasteiger partial charge in [-0.05, 0) is 86.7 Å². The van der Waals surface area contributed by atoms with Gasteiger partial charge in [0.1, 0.15) is 0 Å². The Morgan fingerprint density at radius 3 is 2.48 bits per heavy atom. The van der Waals surface area contributed by atoms with Crippen LogP contribution in [0.25, 0.3) is 6.08 Å². The molecule has 5 fully saturated rings. The standard InChI is InChI=1S/C20H21N3O2S2/c24-17-16(8-15-3-1-2-4-21-15)27-19(26)23(17)22-18(25)20-9-12-5-13(10-20)7-14(6-12)11-20/h1-4,8,12-14H,5-7,9-11H2,(H,22,25)/b16-8-. The molecule has 1 aromatic heterocycles. The number of carbonyl (C=O) groups excluding carboxylic acids is 2. The molecule has 1 aliphatic heterocycles. The molecule has 4 aliphatic carbocycles. The van der Waals surface area contributed by atoms with Gasteiger partial charge in [0.15, 0.2) is 4.32 Å². The Kier molecular flexibility index (Phi) is 4.13. The van der Waals surface area contributed by atoms with Crippen LogP contribution >= 0.6 is 24.0 Å². The van der Waals surface area contributed by atoms with Gasteiger partial charge >= 0.3 is 0 Å². The van der Waals surface area contributed by atoms with E-state index in [1.165, 1.54) is 36.0 Å². The average molecular weight is 400 g/mol. The highest BCUT2D eigenvalue weighted by Crippen LogP contribution is 2.60. The van der Waals surface area contributed by atoms with Crippen molar-refractivity contribution in [3.63, 3.8) is 0 Å². The van der Waals surface area contributed by atoms with Gasteiger partial charge in [-0.3, -0.25) is 20.0 Å². The molecule has 0 aromatic carbocycles. The van der Waals surface area contributed by atoms with Gasteiger partial charge in [-0.25, -0.2) is 0 Å². The molecule has 1 N–H and O–H groups in total. The summed E-state index contributed by atoms with van der Waals surface area (Å²) in [4.78, 5) is 30.7. The summed E-state index contributed by atoms with van der Waals surface area (Å²) >= 11 is 6.57. The largest absolute Gasteiger partial charge is 0.285 e. The molecule has 7 heteroatoms. The molecule has 2 amide bonds. The molecular formula is C20H21N3O2S2. The fraction of sp³-hybridized carbons (Fsp3) is 0.500. The number of hydrogen-bond donors (Lipinski definition) is 1. The second kappa shape index (κ2) is 6.41. The lowest BCUT2D eigenvalue weighted by atomic mass is 9.49.